The highest BCUT2D eigenvalue weighted by atomic mass is 35.5. The van der Waals surface area contributed by atoms with Gasteiger partial charge in [-0.1, -0.05) is 58.5 Å². The highest BCUT2D eigenvalue weighted by molar-refractivity contribution is 7.89. The van der Waals surface area contributed by atoms with Crippen molar-refractivity contribution in [1.29, 1.82) is 0 Å². The maximum atomic E-state index is 12.2. The van der Waals surface area contributed by atoms with Gasteiger partial charge in [0.2, 0.25) is 10.0 Å². The molecule has 0 radical (unpaired) electrons. The van der Waals surface area contributed by atoms with Crippen molar-refractivity contribution in [2.75, 3.05) is 6.54 Å². The molecule has 1 N–H and O–H groups in total. The van der Waals surface area contributed by atoms with Gasteiger partial charge in [-0.2, -0.15) is 0 Å². The van der Waals surface area contributed by atoms with Gasteiger partial charge in [0.1, 0.15) is 4.90 Å². The minimum Gasteiger partial charge on any atom is -0.211 e. The maximum Gasteiger partial charge on any atom is 0.242 e. The number of halogens is 4. The van der Waals surface area contributed by atoms with Crippen molar-refractivity contribution in [3.8, 4) is 0 Å². The van der Waals surface area contributed by atoms with Gasteiger partial charge in [-0.05, 0) is 36.2 Å². The highest BCUT2D eigenvalue weighted by Gasteiger charge is 2.19. The molecular weight excluding hydrogens is 388 g/mol. The van der Waals surface area contributed by atoms with Crippen molar-refractivity contribution in [3.63, 3.8) is 0 Å². The molecule has 0 amide bonds. The standard InChI is InChI=1S/C14H11Cl4NO2S/c15-10-3-1-9(2-4-10)5-6-19-22(20,21)14-8-12(17)11(16)7-13(14)18/h1-4,7-8,19H,5-6H2. The lowest BCUT2D eigenvalue weighted by molar-refractivity contribution is 0.581. The van der Waals surface area contributed by atoms with Crippen LogP contribution >= 0.6 is 46.4 Å². The summed E-state index contributed by atoms with van der Waals surface area (Å²) in [6.07, 6.45) is 0.523. The van der Waals surface area contributed by atoms with E-state index in [2.05, 4.69) is 4.72 Å². The monoisotopic (exact) mass is 397 g/mol. The Kier molecular flexibility index (Phi) is 6.00. The van der Waals surface area contributed by atoms with Crippen LogP contribution in [0.2, 0.25) is 20.1 Å². The molecule has 0 unspecified atom stereocenters. The molecule has 0 heterocycles. The summed E-state index contributed by atoms with van der Waals surface area (Å²) in [7, 11) is -3.76. The van der Waals surface area contributed by atoms with Gasteiger partial charge in [-0.3, -0.25) is 0 Å². The van der Waals surface area contributed by atoms with Crippen LogP contribution < -0.4 is 4.72 Å². The summed E-state index contributed by atoms with van der Waals surface area (Å²) >= 11 is 23.3. The number of benzene rings is 2. The lowest BCUT2D eigenvalue weighted by Gasteiger charge is -2.09. The molecule has 22 heavy (non-hydrogen) atoms. The van der Waals surface area contributed by atoms with Crippen molar-refractivity contribution in [1.82, 2.24) is 4.72 Å². The third-order valence-electron chi connectivity index (χ3n) is 2.88. The molecule has 0 aliphatic carbocycles. The first-order valence-electron chi connectivity index (χ1n) is 6.18. The Morgan fingerprint density at radius 2 is 1.45 bits per heavy atom. The van der Waals surface area contributed by atoms with E-state index in [0.29, 0.717) is 11.4 Å². The summed E-state index contributed by atoms with van der Waals surface area (Å²) in [4.78, 5) is -0.0975. The van der Waals surface area contributed by atoms with Crippen LogP contribution in [0, 0.1) is 0 Å². The van der Waals surface area contributed by atoms with Crippen LogP contribution in [0.3, 0.4) is 0 Å². The lowest BCUT2D eigenvalue weighted by atomic mass is 10.2. The molecule has 0 aromatic heterocycles. The van der Waals surface area contributed by atoms with Crippen molar-refractivity contribution >= 4 is 56.4 Å². The van der Waals surface area contributed by atoms with Crippen molar-refractivity contribution in [2.45, 2.75) is 11.3 Å². The Bertz CT molecular complexity index is 776. The number of rotatable bonds is 5. The topological polar surface area (TPSA) is 46.2 Å². The van der Waals surface area contributed by atoms with Crippen LogP contribution in [0.25, 0.3) is 0 Å². The SMILES string of the molecule is O=S(=O)(NCCc1ccc(Cl)cc1)c1cc(Cl)c(Cl)cc1Cl. The van der Waals surface area contributed by atoms with E-state index in [1.54, 1.807) is 12.1 Å². The molecule has 2 rings (SSSR count). The molecule has 0 aliphatic rings. The summed E-state index contributed by atoms with van der Waals surface area (Å²) in [6.45, 7) is 0.223. The zero-order valence-electron chi connectivity index (χ0n) is 11.1. The Hall–Kier alpha value is -0.490. The fourth-order valence-electron chi connectivity index (χ4n) is 1.77. The molecule has 3 nitrogen and oxygen atoms in total. The minimum absolute atomic E-state index is 0.0217. The molecule has 2 aromatic carbocycles. The van der Waals surface area contributed by atoms with Crippen molar-refractivity contribution in [2.24, 2.45) is 0 Å². The Balaban J connectivity index is 2.08. The van der Waals surface area contributed by atoms with Gasteiger partial charge in [0.05, 0.1) is 15.1 Å². The van der Waals surface area contributed by atoms with E-state index in [4.69, 9.17) is 46.4 Å². The van der Waals surface area contributed by atoms with E-state index in [-0.39, 0.29) is 26.5 Å². The molecule has 0 saturated carbocycles. The molecule has 0 spiro atoms. The third kappa shape index (κ3) is 4.51. The first kappa shape index (κ1) is 17.9. The van der Waals surface area contributed by atoms with Gasteiger partial charge >= 0.3 is 0 Å². The average Bonchev–Trinajstić information content (AvgIpc) is 2.44. The Labute approximate surface area is 149 Å². The largest absolute Gasteiger partial charge is 0.242 e. The van der Waals surface area contributed by atoms with E-state index in [1.807, 2.05) is 12.1 Å². The summed E-state index contributed by atoms with van der Waals surface area (Å²) in [5, 5.41) is 0.983. The molecule has 0 atom stereocenters. The lowest BCUT2D eigenvalue weighted by Crippen LogP contribution is -2.26. The second-order valence-corrected chi connectivity index (χ2v) is 7.86. The molecular formula is C14H11Cl4NO2S. The molecule has 0 fully saturated rings. The maximum absolute atomic E-state index is 12.2. The number of sulfonamides is 1. The third-order valence-corrected chi connectivity index (χ3v) is 5.78. The Morgan fingerprint density at radius 3 is 2.09 bits per heavy atom. The Morgan fingerprint density at radius 1 is 0.864 bits per heavy atom. The molecule has 0 bridgehead atoms. The van der Waals surface area contributed by atoms with Gasteiger partial charge < -0.3 is 0 Å². The van der Waals surface area contributed by atoms with Gasteiger partial charge in [0, 0.05) is 11.6 Å². The first-order chi connectivity index (χ1) is 10.3. The fraction of sp³-hybridized carbons (Fsp3) is 0.143. The minimum atomic E-state index is -3.76. The summed E-state index contributed by atoms with van der Waals surface area (Å²) in [6, 6.07) is 9.71. The van der Waals surface area contributed by atoms with Crippen LogP contribution in [-0.2, 0) is 16.4 Å². The smallest absolute Gasteiger partial charge is 0.211 e. The van der Waals surface area contributed by atoms with E-state index in [9.17, 15) is 8.42 Å². The van der Waals surface area contributed by atoms with Gasteiger partial charge in [0.25, 0.3) is 0 Å². The molecule has 2 aromatic rings. The zero-order valence-corrected chi connectivity index (χ0v) is 15.0. The van der Waals surface area contributed by atoms with E-state index >= 15 is 0 Å². The normalized spacial score (nSPS) is 11.6. The van der Waals surface area contributed by atoms with Gasteiger partial charge in [0.15, 0.2) is 0 Å². The van der Waals surface area contributed by atoms with E-state index in [0.717, 1.165) is 5.56 Å². The average molecular weight is 399 g/mol. The summed E-state index contributed by atoms with van der Waals surface area (Å²) in [5.74, 6) is 0. The van der Waals surface area contributed by atoms with E-state index < -0.39 is 10.0 Å². The first-order valence-corrected chi connectivity index (χ1v) is 9.18. The van der Waals surface area contributed by atoms with Crippen LogP contribution in [-0.4, -0.2) is 15.0 Å². The summed E-state index contributed by atoms with van der Waals surface area (Å²) < 4.78 is 27.0. The number of hydrogen-bond donors (Lipinski definition) is 1. The predicted molar refractivity (Wildman–Crippen MR) is 91.8 cm³/mol. The second-order valence-electron chi connectivity index (χ2n) is 4.47. The zero-order chi connectivity index (χ0) is 16.3. The number of nitrogens with one attached hydrogen (secondary N) is 1. The van der Waals surface area contributed by atoms with Crippen LogP contribution in [0.1, 0.15) is 5.56 Å². The van der Waals surface area contributed by atoms with E-state index in [1.165, 1.54) is 12.1 Å². The summed E-state index contributed by atoms with van der Waals surface area (Å²) in [5.41, 5.74) is 0.965. The van der Waals surface area contributed by atoms with Crippen molar-refractivity contribution < 1.29 is 8.42 Å². The molecule has 118 valence electrons. The van der Waals surface area contributed by atoms with Crippen molar-refractivity contribution in [3.05, 3.63) is 62.1 Å². The molecule has 0 saturated heterocycles. The number of hydrogen-bond acceptors (Lipinski definition) is 2. The second kappa shape index (κ2) is 7.39. The van der Waals surface area contributed by atoms with Crippen LogP contribution in [0.15, 0.2) is 41.3 Å². The fourth-order valence-corrected chi connectivity index (χ4v) is 3.93. The van der Waals surface area contributed by atoms with Crippen LogP contribution in [0.4, 0.5) is 0 Å². The predicted octanol–water partition coefficient (Wildman–Crippen LogP) is 4.82. The van der Waals surface area contributed by atoms with Gasteiger partial charge in [-0.25, -0.2) is 13.1 Å². The molecule has 8 heteroatoms. The highest BCUT2D eigenvalue weighted by Crippen LogP contribution is 2.31. The van der Waals surface area contributed by atoms with Crippen LogP contribution in [0.5, 0.6) is 0 Å². The molecule has 0 aliphatic heterocycles. The van der Waals surface area contributed by atoms with Gasteiger partial charge in [-0.15, -0.1) is 0 Å². The quantitative estimate of drug-likeness (QED) is 0.733.